The number of nitrogens with one attached hydrogen (secondary N) is 2. The fourth-order valence-corrected chi connectivity index (χ4v) is 4.96. The van der Waals surface area contributed by atoms with Crippen LogP contribution in [0.25, 0.3) is 0 Å². The van der Waals surface area contributed by atoms with E-state index in [1.165, 1.54) is 11.1 Å². The summed E-state index contributed by atoms with van der Waals surface area (Å²) < 4.78 is 0. The number of urea groups is 1. The first-order valence-corrected chi connectivity index (χ1v) is 12.7. The number of amides is 3. The highest BCUT2D eigenvalue weighted by atomic mass is 16.2. The molecule has 0 atom stereocenters. The summed E-state index contributed by atoms with van der Waals surface area (Å²) in [5.41, 5.74) is 3.49. The third-order valence-corrected chi connectivity index (χ3v) is 7.22. The fraction of sp³-hybridized carbons (Fsp3) is 0.500. The molecule has 0 unspecified atom stereocenters. The molecular weight excluding hydrogens is 424 g/mol. The number of benzene rings is 2. The molecule has 182 valence electrons. The number of anilines is 1. The summed E-state index contributed by atoms with van der Waals surface area (Å²) in [6.07, 6.45) is 4.61. The van der Waals surface area contributed by atoms with E-state index in [0.29, 0.717) is 31.3 Å². The van der Waals surface area contributed by atoms with E-state index in [0.717, 1.165) is 57.5 Å². The van der Waals surface area contributed by atoms with Gasteiger partial charge >= 0.3 is 6.03 Å². The topological polar surface area (TPSA) is 64.7 Å². The minimum atomic E-state index is -0.0529. The summed E-state index contributed by atoms with van der Waals surface area (Å²) in [6.45, 7) is 7.52. The fourth-order valence-electron chi connectivity index (χ4n) is 4.96. The van der Waals surface area contributed by atoms with Crippen LogP contribution in [-0.2, 0) is 11.3 Å². The molecule has 0 bridgehead atoms. The molecule has 34 heavy (non-hydrogen) atoms. The molecule has 4 rings (SSSR count). The van der Waals surface area contributed by atoms with Crippen LogP contribution in [0.2, 0.25) is 0 Å². The van der Waals surface area contributed by atoms with Gasteiger partial charge in [-0.3, -0.25) is 9.69 Å². The first-order valence-electron chi connectivity index (χ1n) is 12.7. The molecule has 3 amide bonds. The van der Waals surface area contributed by atoms with Crippen molar-refractivity contribution < 1.29 is 9.59 Å². The number of aryl methyl sites for hydroxylation is 1. The van der Waals surface area contributed by atoms with Crippen LogP contribution in [0.3, 0.4) is 0 Å². The van der Waals surface area contributed by atoms with Gasteiger partial charge in [-0.15, -0.1) is 0 Å². The predicted molar refractivity (Wildman–Crippen MR) is 137 cm³/mol. The molecule has 2 aromatic carbocycles. The van der Waals surface area contributed by atoms with Crippen molar-refractivity contribution >= 4 is 17.6 Å². The van der Waals surface area contributed by atoms with Crippen molar-refractivity contribution in [1.29, 1.82) is 0 Å². The molecule has 2 N–H and O–H groups in total. The van der Waals surface area contributed by atoms with Crippen LogP contribution in [-0.4, -0.2) is 54.5 Å². The van der Waals surface area contributed by atoms with Crippen LogP contribution in [0, 0.1) is 18.8 Å². The number of carbonyl (C=O) groups is 2. The van der Waals surface area contributed by atoms with Crippen molar-refractivity contribution in [3.8, 4) is 0 Å². The highest BCUT2D eigenvalue weighted by molar-refractivity contribution is 5.89. The molecule has 0 spiro atoms. The molecule has 2 aromatic rings. The van der Waals surface area contributed by atoms with Crippen LogP contribution in [0.15, 0.2) is 54.6 Å². The van der Waals surface area contributed by atoms with Crippen LogP contribution >= 0.6 is 0 Å². The number of para-hydroxylation sites is 1. The Bertz CT molecular complexity index is 915. The smallest absolute Gasteiger partial charge is 0.321 e. The Morgan fingerprint density at radius 2 is 1.50 bits per heavy atom. The first-order chi connectivity index (χ1) is 16.5. The lowest BCUT2D eigenvalue weighted by Gasteiger charge is -2.33. The zero-order chi connectivity index (χ0) is 23.8. The summed E-state index contributed by atoms with van der Waals surface area (Å²) >= 11 is 0. The molecule has 2 fully saturated rings. The van der Waals surface area contributed by atoms with E-state index in [-0.39, 0.29) is 11.9 Å². The second-order valence-electron chi connectivity index (χ2n) is 9.94. The summed E-state index contributed by atoms with van der Waals surface area (Å²) in [7, 11) is 0. The lowest BCUT2D eigenvalue weighted by Crippen LogP contribution is -2.42. The summed E-state index contributed by atoms with van der Waals surface area (Å²) in [4.78, 5) is 29.3. The van der Waals surface area contributed by atoms with E-state index >= 15 is 0 Å². The van der Waals surface area contributed by atoms with Crippen molar-refractivity contribution in [2.45, 2.75) is 45.6 Å². The van der Waals surface area contributed by atoms with Crippen molar-refractivity contribution in [2.75, 3.05) is 38.0 Å². The zero-order valence-electron chi connectivity index (χ0n) is 20.3. The van der Waals surface area contributed by atoms with E-state index in [1.54, 1.807) is 0 Å². The predicted octanol–water partition coefficient (Wildman–Crippen LogP) is 4.66. The molecule has 2 saturated heterocycles. The number of hydrogen-bond acceptors (Lipinski definition) is 3. The largest absolute Gasteiger partial charge is 0.356 e. The van der Waals surface area contributed by atoms with Gasteiger partial charge in [-0.05, 0) is 75.2 Å². The summed E-state index contributed by atoms with van der Waals surface area (Å²) in [5, 5.41) is 6.13. The third-order valence-electron chi connectivity index (χ3n) is 7.22. The van der Waals surface area contributed by atoms with E-state index in [2.05, 4.69) is 46.7 Å². The van der Waals surface area contributed by atoms with Crippen LogP contribution in [0.1, 0.15) is 43.2 Å². The lowest BCUT2D eigenvalue weighted by molar-refractivity contribution is -0.122. The number of piperidine rings is 2. The second-order valence-corrected chi connectivity index (χ2v) is 9.94. The molecule has 6 heteroatoms. The van der Waals surface area contributed by atoms with Gasteiger partial charge in [0.2, 0.25) is 5.91 Å². The van der Waals surface area contributed by atoms with Gasteiger partial charge in [0, 0.05) is 38.3 Å². The van der Waals surface area contributed by atoms with E-state index in [4.69, 9.17) is 0 Å². The van der Waals surface area contributed by atoms with Gasteiger partial charge in [0.25, 0.3) is 0 Å². The molecule has 0 saturated carbocycles. The Balaban J connectivity index is 1.09. The quantitative estimate of drug-likeness (QED) is 0.629. The molecule has 0 radical (unpaired) electrons. The molecule has 0 aliphatic carbocycles. The van der Waals surface area contributed by atoms with E-state index < -0.39 is 0 Å². The Labute approximate surface area is 203 Å². The second kappa shape index (κ2) is 12.0. The lowest BCUT2D eigenvalue weighted by atomic mass is 9.92. The van der Waals surface area contributed by atoms with Gasteiger partial charge in [0.1, 0.15) is 0 Å². The van der Waals surface area contributed by atoms with Gasteiger partial charge in [0.05, 0.1) is 0 Å². The zero-order valence-corrected chi connectivity index (χ0v) is 20.3. The molecule has 0 aromatic heterocycles. The number of nitrogens with zero attached hydrogens (tertiary/aromatic N) is 2. The average molecular weight is 463 g/mol. The van der Waals surface area contributed by atoms with Gasteiger partial charge in [0.15, 0.2) is 0 Å². The monoisotopic (exact) mass is 462 g/mol. The summed E-state index contributed by atoms with van der Waals surface area (Å²) in [5.74, 6) is 1.09. The normalized spacial score (nSPS) is 18.0. The van der Waals surface area contributed by atoms with Gasteiger partial charge in [-0.1, -0.05) is 48.0 Å². The maximum Gasteiger partial charge on any atom is 0.321 e. The average Bonchev–Trinajstić information content (AvgIpc) is 2.86. The molecule has 2 heterocycles. The SMILES string of the molecule is Cc1ccc(CN2CCC(CNC(=O)CC3CCN(C(=O)Nc4ccccc4)CC3)CC2)cc1. The van der Waals surface area contributed by atoms with Crippen molar-refractivity contribution in [3.05, 3.63) is 65.7 Å². The van der Waals surface area contributed by atoms with Crippen molar-refractivity contribution in [3.63, 3.8) is 0 Å². The molecular formula is C28H38N4O2. The van der Waals surface area contributed by atoms with E-state index in [9.17, 15) is 9.59 Å². The molecule has 2 aliphatic rings. The van der Waals surface area contributed by atoms with Crippen LogP contribution in [0.4, 0.5) is 10.5 Å². The van der Waals surface area contributed by atoms with E-state index in [1.807, 2.05) is 35.2 Å². The molecule has 2 aliphatic heterocycles. The summed E-state index contributed by atoms with van der Waals surface area (Å²) in [6, 6.07) is 18.3. The highest BCUT2D eigenvalue weighted by Gasteiger charge is 2.25. The number of hydrogen-bond donors (Lipinski definition) is 2. The Hall–Kier alpha value is -2.86. The van der Waals surface area contributed by atoms with Gasteiger partial charge < -0.3 is 15.5 Å². The Morgan fingerprint density at radius 1 is 0.853 bits per heavy atom. The standard InChI is InChI=1S/C28H38N4O2/c1-22-7-9-25(10-8-22)21-31-15-11-24(12-16-31)20-29-27(33)19-23-13-17-32(18-14-23)28(34)30-26-5-3-2-4-6-26/h2-10,23-24H,11-21H2,1H3,(H,29,33)(H,30,34). The molecule has 6 nitrogen and oxygen atoms in total. The van der Waals surface area contributed by atoms with Crippen molar-refractivity contribution in [1.82, 2.24) is 15.1 Å². The highest BCUT2D eigenvalue weighted by Crippen LogP contribution is 2.22. The Morgan fingerprint density at radius 3 is 2.18 bits per heavy atom. The van der Waals surface area contributed by atoms with Crippen LogP contribution < -0.4 is 10.6 Å². The van der Waals surface area contributed by atoms with Gasteiger partial charge in [-0.2, -0.15) is 0 Å². The van der Waals surface area contributed by atoms with Gasteiger partial charge in [-0.25, -0.2) is 4.79 Å². The minimum Gasteiger partial charge on any atom is -0.356 e. The number of rotatable bonds is 7. The van der Waals surface area contributed by atoms with Crippen molar-refractivity contribution in [2.24, 2.45) is 11.8 Å². The maximum atomic E-state index is 12.5. The maximum absolute atomic E-state index is 12.5. The van der Waals surface area contributed by atoms with Crippen LogP contribution in [0.5, 0.6) is 0 Å². The number of carbonyl (C=O) groups excluding carboxylic acids is 2. The Kier molecular flexibility index (Phi) is 8.58. The number of likely N-dealkylation sites (tertiary alicyclic amines) is 2. The minimum absolute atomic E-state index is 0.0529. The third kappa shape index (κ3) is 7.32. The first kappa shape index (κ1) is 24.3.